The number of amides is 1. The Bertz CT molecular complexity index is 1660. The molecular formula is C36H33N3OS3. The summed E-state index contributed by atoms with van der Waals surface area (Å²) in [6.45, 7) is 3.52. The molecule has 6 rings (SSSR count). The number of aromatic nitrogens is 1. The van der Waals surface area contributed by atoms with Crippen LogP contribution < -0.4 is 9.62 Å². The fourth-order valence-electron chi connectivity index (χ4n) is 5.41. The first-order valence-electron chi connectivity index (χ1n) is 14.4. The third-order valence-corrected chi connectivity index (χ3v) is 11.1. The van der Waals surface area contributed by atoms with E-state index in [-0.39, 0.29) is 5.91 Å². The minimum absolute atomic E-state index is 0.0959. The van der Waals surface area contributed by atoms with E-state index in [4.69, 9.17) is 0 Å². The van der Waals surface area contributed by atoms with Gasteiger partial charge in [-0.3, -0.25) is 4.79 Å². The molecular weight excluding hydrogens is 587 g/mol. The van der Waals surface area contributed by atoms with Crippen molar-refractivity contribution in [1.82, 2.24) is 10.3 Å². The van der Waals surface area contributed by atoms with Gasteiger partial charge in [-0.2, -0.15) is 0 Å². The van der Waals surface area contributed by atoms with Crippen molar-refractivity contribution in [3.05, 3.63) is 155 Å². The number of aromatic amines is 1. The van der Waals surface area contributed by atoms with Crippen LogP contribution in [0.5, 0.6) is 0 Å². The van der Waals surface area contributed by atoms with Crippen molar-refractivity contribution in [1.29, 1.82) is 0 Å². The van der Waals surface area contributed by atoms with Crippen LogP contribution in [0.2, 0.25) is 0 Å². The number of anilines is 1. The molecule has 43 heavy (non-hydrogen) atoms. The minimum atomic E-state index is -0.408. The molecule has 0 spiro atoms. The smallest absolute Gasteiger partial charge is 0.267 e. The van der Waals surface area contributed by atoms with Gasteiger partial charge in [0.05, 0.1) is 20.2 Å². The number of carbonyl (C=O) groups is 1. The van der Waals surface area contributed by atoms with Crippen LogP contribution >= 0.6 is 35.0 Å². The summed E-state index contributed by atoms with van der Waals surface area (Å²) in [5.74, 6) is 0.637. The molecule has 0 saturated heterocycles. The Hall–Kier alpha value is -3.91. The Balaban J connectivity index is 1.21. The third kappa shape index (κ3) is 6.25. The maximum Gasteiger partial charge on any atom is 0.267 e. The highest BCUT2D eigenvalue weighted by Crippen LogP contribution is 2.48. The molecule has 1 amide bonds. The highest BCUT2D eigenvalue weighted by atomic mass is 32.2. The lowest BCUT2D eigenvalue weighted by atomic mass is 9.84. The van der Waals surface area contributed by atoms with E-state index < -0.39 is 4.75 Å². The van der Waals surface area contributed by atoms with E-state index in [1.54, 1.807) is 23.3 Å². The quantitative estimate of drug-likeness (QED) is 0.0815. The number of thiophene rings is 1. The average molecular weight is 620 g/mol. The molecule has 4 nitrogen and oxygen atoms in total. The number of hydrogen-bond donors (Lipinski definition) is 2. The lowest BCUT2D eigenvalue weighted by Crippen LogP contribution is -2.30. The highest BCUT2D eigenvalue weighted by Gasteiger charge is 2.36. The Morgan fingerprint density at radius 2 is 1.44 bits per heavy atom. The zero-order chi connectivity index (χ0) is 29.5. The molecule has 0 atom stereocenters. The number of thioether (sulfide) groups is 1. The van der Waals surface area contributed by atoms with Crippen molar-refractivity contribution in [3.63, 3.8) is 0 Å². The zero-order valence-corrected chi connectivity index (χ0v) is 26.4. The van der Waals surface area contributed by atoms with Gasteiger partial charge in [0.1, 0.15) is 5.69 Å². The first-order chi connectivity index (χ1) is 21.2. The normalized spacial score (nSPS) is 11.5. The first kappa shape index (κ1) is 29.2. The number of rotatable bonds is 12. The standard InChI is InChI=1S/C36H33N3OS3/c1-2-39(43-33-22-13-24-41-33)32-21-12-14-27-26-31(38-34(27)32)35(40)37-23-25-42-36(28-15-6-3-7-16-28,29-17-8-4-9-18-29)30-19-10-5-11-20-30/h3-22,24,26,38H,2,23,25H2,1H3,(H,37,40). The third-order valence-electron chi connectivity index (χ3n) is 7.38. The number of hydrogen-bond acceptors (Lipinski definition) is 5. The number of nitrogens with zero attached hydrogens (tertiary/aromatic N) is 1. The van der Waals surface area contributed by atoms with E-state index in [1.165, 1.54) is 20.9 Å². The Labute approximate surface area is 265 Å². The summed E-state index contributed by atoms with van der Waals surface area (Å²) < 4.78 is 3.09. The lowest BCUT2D eigenvalue weighted by Gasteiger charge is -2.35. The molecule has 4 aromatic carbocycles. The molecule has 216 valence electrons. The fraction of sp³-hybridized carbons (Fsp3) is 0.139. The van der Waals surface area contributed by atoms with E-state index in [1.807, 2.05) is 17.8 Å². The van der Waals surface area contributed by atoms with E-state index in [0.717, 1.165) is 28.9 Å². The van der Waals surface area contributed by atoms with Crippen LogP contribution in [-0.4, -0.2) is 29.7 Å². The summed E-state index contributed by atoms with van der Waals surface area (Å²) in [6, 6.07) is 44.3. The molecule has 6 aromatic rings. The van der Waals surface area contributed by atoms with Crippen molar-refractivity contribution in [2.45, 2.75) is 15.9 Å². The van der Waals surface area contributed by atoms with Gasteiger partial charge >= 0.3 is 0 Å². The number of para-hydroxylation sites is 1. The van der Waals surface area contributed by atoms with Gasteiger partial charge in [0.2, 0.25) is 0 Å². The van der Waals surface area contributed by atoms with Crippen molar-refractivity contribution >= 4 is 57.5 Å². The summed E-state index contributed by atoms with van der Waals surface area (Å²) in [5, 5.41) is 6.30. The predicted molar refractivity (Wildman–Crippen MR) is 185 cm³/mol. The largest absolute Gasteiger partial charge is 0.350 e. The number of carbonyl (C=O) groups excluding carboxylic acids is 1. The molecule has 0 fully saturated rings. The van der Waals surface area contributed by atoms with Crippen LogP contribution in [-0.2, 0) is 4.75 Å². The maximum atomic E-state index is 13.4. The lowest BCUT2D eigenvalue weighted by molar-refractivity contribution is 0.0952. The Morgan fingerprint density at radius 1 is 0.814 bits per heavy atom. The number of fused-ring (bicyclic) bond motifs is 1. The van der Waals surface area contributed by atoms with Crippen molar-refractivity contribution in [2.75, 3.05) is 23.1 Å². The second kappa shape index (κ2) is 13.6. The van der Waals surface area contributed by atoms with Crippen LogP contribution in [0.15, 0.2) is 137 Å². The van der Waals surface area contributed by atoms with Crippen LogP contribution in [0.3, 0.4) is 0 Å². The topological polar surface area (TPSA) is 48.1 Å². The van der Waals surface area contributed by atoms with Crippen LogP contribution in [0.4, 0.5) is 5.69 Å². The van der Waals surface area contributed by atoms with Gasteiger partial charge in [0, 0.05) is 24.2 Å². The van der Waals surface area contributed by atoms with Gasteiger partial charge in [-0.15, -0.1) is 23.1 Å². The SMILES string of the molecule is CCN(Sc1cccs1)c1cccc2cc(C(=O)NCCSC(c3ccccc3)(c3ccccc3)c3ccccc3)[nH]c12. The molecule has 0 aliphatic rings. The van der Waals surface area contributed by atoms with Crippen LogP contribution in [0.1, 0.15) is 34.1 Å². The molecule has 2 heterocycles. The van der Waals surface area contributed by atoms with Gasteiger partial charge in [0.15, 0.2) is 0 Å². The maximum absolute atomic E-state index is 13.4. The van der Waals surface area contributed by atoms with Gasteiger partial charge in [-0.1, -0.05) is 109 Å². The second-order valence-electron chi connectivity index (χ2n) is 10.0. The summed E-state index contributed by atoms with van der Waals surface area (Å²) >= 11 is 5.30. The number of H-pyrrole nitrogens is 1. The van der Waals surface area contributed by atoms with Crippen LogP contribution in [0.25, 0.3) is 10.9 Å². The molecule has 0 unspecified atom stereocenters. The van der Waals surface area contributed by atoms with Gasteiger partial charge < -0.3 is 14.6 Å². The predicted octanol–water partition coefficient (Wildman–Crippen LogP) is 9.22. The summed E-state index contributed by atoms with van der Waals surface area (Å²) in [7, 11) is 0. The van der Waals surface area contributed by atoms with Crippen LogP contribution in [0, 0.1) is 0 Å². The van der Waals surface area contributed by atoms with E-state index >= 15 is 0 Å². The summed E-state index contributed by atoms with van der Waals surface area (Å²) in [6.07, 6.45) is 0. The number of nitrogens with one attached hydrogen (secondary N) is 2. The van der Waals surface area contributed by atoms with Gasteiger partial charge in [-0.25, -0.2) is 0 Å². The van der Waals surface area contributed by atoms with Crippen molar-refractivity contribution in [2.24, 2.45) is 0 Å². The molecule has 0 radical (unpaired) electrons. The minimum Gasteiger partial charge on any atom is -0.350 e. The molecule has 0 bridgehead atoms. The number of benzene rings is 4. The molecule has 0 aliphatic heterocycles. The summed E-state index contributed by atoms with van der Waals surface area (Å²) in [4.78, 5) is 16.8. The fourth-order valence-corrected chi connectivity index (χ4v) is 8.62. The highest BCUT2D eigenvalue weighted by molar-refractivity contribution is 8.02. The first-order valence-corrected chi connectivity index (χ1v) is 17.0. The Morgan fingerprint density at radius 3 is 2.00 bits per heavy atom. The van der Waals surface area contributed by atoms with Gasteiger partial charge in [0.25, 0.3) is 5.91 Å². The average Bonchev–Trinajstić information content (AvgIpc) is 3.75. The molecule has 0 aliphatic carbocycles. The van der Waals surface area contributed by atoms with Crippen molar-refractivity contribution in [3.8, 4) is 0 Å². The zero-order valence-electron chi connectivity index (χ0n) is 23.9. The molecule has 2 N–H and O–H groups in total. The molecule has 2 aromatic heterocycles. The van der Waals surface area contributed by atoms with Gasteiger partial charge in [-0.05, 0) is 59.1 Å². The molecule has 0 saturated carbocycles. The summed E-state index contributed by atoms with van der Waals surface area (Å²) in [5.41, 5.74) is 6.27. The molecule has 7 heteroatoms. The van der Waals surface area contributed by atoms with E-state index in [2.05, 4.69) is 148 Å². The van der Waals surface area contributed by atoms with E-state index in [9.17, 15) is 4.79 Å². The monoisotopic (exact) mass is 619 g/mol. The Kier molecular flexibility index (Phi) is 9.22. The van der Waals surface area contributed by atoms with E-state index in [0.29, 0.717) is 12.2 Å². The van der Waals surface area contributed by atoms with Crippen molar-refractivity contribution < 1.29 is 4.79 Å². The second-order valence-corrected chi connectivity index (χ2v) is 13.6.